The van der Waals surface area contributed by atoms with Gasteiger partial charge in [0.2, 0.25) is 0 Å². The number of pyridine rings is 1. The highest BCUT2D eigenvalue weighted by Crippen LogP contribution is 2.21. The smallest absolute Gasteiger partial charge is 0.339 e. The van der Waals surface area contributed by atoms with Gasteiger partial charge in [0.05, 0.1) is 12.7 Å². The third-order valence-electron chi connectivity index (χ3n) is 2.78. The van der Waals surface area contributed by atoms with Crippen LogP contribution >= 0.6 is 15.9 Å². The maximum Gasteiger partial charge on any atom is 0.339 e. The molecule has 0 N–H and O–H groups in total. The van der Waals surface area contributed by atoms with Crippen molar-refractivity contribution >= 4 is 32.7 Å². The topological polar surface area (TPSA) is 48.3 Å². The van der Waals surface area contributed by atoms with Gasteiger partial charge in [0.25, 0.3) is 5.56 Å². The van der Waals surface area contributed by atoms with Crippen LogP contribution in [0, 0.1) is 0 Å². The number of carbonyl (C=O) groups is 1. The van der Waals surface area contributed by atoms with Gasteiger partial charge >= 0.3 is 5.97 Å². The Kier molecular flexibility index (Phi) is 3.85. The van der Waals surface area contributed by atoms with Gasteiger partial charge in [-0.1, -0.05) is 22.0 Å². The normalized spacial score (nSPS) is 10.4. The number of hydrogen-bond donors (Lipinski definition) is 0. The molecule has 1 aromatic heterocycles. The molecule has 1 heterocycles. The third kappa shape index (κ3) is 2.46. The number of halogens is 1. The zero-order chi connectivity index (χ0) is 14.0. The molecule has 2 rings (SSSR count). The summed E-state index contributed by atoms with van der Waals surface area (Å²) in [4.78, 5) is 24.1. The summed E-state index contributed by atoms with van der Waals surface area (Å²) in [6, 6.07) is 5.19. The van der Waals surface area contributed by atoms with E-state index >= 15 is 0 Å². The van der Waals surface area contributed by atoms with Crippen LogP contribution < -0.4 is 5.56 Å². The lowest BCUT2D eigenvalue weighted by Crippen LogP contribution is -2.21. The maximum absolute atomic E-state index is 12.2. The molecule has 0 bridgehead atoms. The van der Waals surface area contributed by atoms with E-state index in [9.17, 15) is 9.59 Å². The van der Waals surface area contributed by atoms with Crippen LogP contribution in [-0.2, 0) is 11.3 Å². The van der Waals surface area contributed by atoms with Gasteiger partial charge in [-0.15, -0.1) is 6.58 Å². The van der Waals surface area contributed by atoms with Crippen LogP contribution in [0.2, 0.25) is 0 Å². The van der Waals surface area contributed by atoms with Crippen molar-refractivity contribution in [2.24, 2.45) is 0 Å². The molecule has 0 radical (unpaired) electrons. The van der Waals surface area contributed by atoms with Crippen LogP contribution in [0.5, 0.6) is 0 Å². The minimum absolute atomic E-state index is 0.157. The van der Waals surface area contributed by atoms with E-state index in [0.717, 1.165) is 4.47 Å². The Morgan fingerprint density at radius 2 is 2.21 bits per heavy atom. The standard InChI is InChI=1S/C14H12BrNO3/c1-3-6-16-8-12(14(18)19-2)11-7-9(15)4-5-10(11)13(16)17/h3-5,7-8H,1,6H2,2H3. The number of nitrogens with zero attached hydrogens (tertiary/aromatic N) is 1. The molecule has 0 aliphatic heterocycles. The molecule has 0 atom stereocenters. The first-order valence-electron chi connectivity index (χ1n) is 5.60. The lowest BCUT2D eigenvalue weighted by molar-refractivity contribution is 0.0602. The number of hydrogen-bond acceptors (Lipinski definition) is 3. The van der Waals surface area contributed by atoms with Crippen molar-refractivity contribution in [3.05, 3.63) is 57.4 Å². The van der Waals surface area contributed by atoms with Gasteiger partial charge in [0, 0.05) is 28.0 Å². The van der Waals surface area contributed by atoms with E-state index in [1.165, 1.54) is 17.9 Å². The van der Waals surface area contributed by atoms with E-state index in [2.05, 4.69) is 22.5 Å². The predicted molar refractivity (Wildman–Crippen MR) is 77.4 cm³/mol. The van der Waals surface area contributed by atoms with Crippen molar-refractivity contribution in [2.75, 3.05) is 7.11 Å². The SMILES string of the molecule is C=CCn1cc(C(=O)OC)c2cc(Br)ccc2c1=O. The Morgan fingerprint density at radius 3 is 2.84 bits per heavy atom. The van der Waals surface area contributed by atoms with Gasteiger partial charge in [0.1, 0.15) is 0 Å². The second kappa shape index (κ2) is 5.40. The molecular formula is C14H12BrNO3. The van der Waals surface area contributed by atoms with E-state index in [-0.39, 0.29) is 5.56 Å². The Balaban J connectivity index is 2.87. The largest absolute Gasteiger partial charge is 0.465 e. The molecule has 4 nitrogen and oxygen atoms in total. The third-order valence-corrected chi connectivity index (χ3v) is 3.27. The minimum Gasteiger partial charge on any atom is -0.465 e. The summed E-state index contributed by atoms with van der Waals surface area (Å²) in [7, 11) is 1.31. The Bertz CT molecular complexity index is 718. The molecule has 19 heavy (non-hydrogen) atoms. The van der Waals surface area contributed by atoms with Crippen molar-refractivity contribution in [2.45, 2.75) is 6.54 Å². The molecule has 0 spiro atoms. The lowest BCUT2D eigenvalue weighted by atomic mass is 10.1. The monoisotopic (exact) mass is 321 g/mol. The highest BCUT2D eigenvalue weighted by atomic mass is 79.9. The number of allylic oxidation sites excluding steroid dienone is 1. The summed E-state index contributed by atoms with van der Waals surface area (Å²) in [6.45, 7) is 3.94. The number of aromatic nitrogens is 1. The summed E-state index contributed by atoms with van der Waals surface area (Å²) < 4.78 is 7.00. The predicted octanol–water partition coefficient (Wildman–Crippen LogP) is 2.74. The van der Waals surface area contributed by atoms with Crippen LogP contribution in [-0.4, -0.2) is 17.6 Å². The van der Waals surface area contributed by atoms with Crippen molar-refractivity contribution in [3.8, 4) is 0 Å². The van der Waals surface area contributed by atoms with Crippen LogP contribution in [0.1, 0.15) is 10.4 Å². The summed E-state index contributed by atoms with van der Waals surface area (Å²) in [5.41, 5.74) is 0.204. The quantitative estimate of drug-likeness (QED) is 0.645. The first-order chi connectivity index (χ1) is 9.08. The Hall–Kier alpha value is -1.88. The van der Waals surface area contributed by atoms with Gasteiger partial charge in [-0.3, -0.25) is 4.79 Å². The molecule has 0 unspecified atom stereocenters. The zero-order valence-electron chi connectivity index (χ0n) is 10.4. The zero-order valence-corrected chi connectivity index (χ0v) is 11.9. The average Bonchev–Trinajstić information content (AvgIpc) is 2.41. The first-order valence-corrected chi connectivity index (χ1v) is 6.39. The molecule has 2 aromatic rings. The number of carbonyl (C=O) groups excluding carboxylic acids is 1. The fraction of sp³-hybridized carbons (Fsp3) is 0.143. The van der Waals surface area contributed by atoms with E-state index < -0.39 is 5.97 Å². The molecule has 0 saturated heterocycles. The molecule has 1 aromatic carbocycles. The molecule has 0 amide bonds. The van der Waals surface area contributed by atoms with E-state index in [1.54, 1.807) is 24.3 Å². The summed E-state index contributed by atoms with van der Waals surface area (Å²) in [6.07, 6.45) is 3.11. The minimum atomic E-state index is -0.471. The van der Waals surface area contributed by atoms with Gasteiger partial charge < -0.3 is 9.30 Å². The van der Waals surface area contributed by atoms with E-state index in [4.69, 9.17) is 4.74 Å². The summed E-state index contributed by atoms with van der Waals surface area (Å²) >= 11 is 3.33. The van der Waals surface area contributed by atoms with Crippen LogP contribution in [0.15, 0.2) is 46.3 Å². The molecule has 0 saturated carbocycles. The number of esters is 1. The molecular weight excluding hydrogens is 310 g/mol. The van der Waals surface area contributed by atoms with Crippen LogP contribution in [0.25, 0.3) is 10.8 Å². The molecule has 98 valence electrons. The number of methoxy groups -OCH3 is 1. The van der Waals surface area contributed by atoms with E-state index in [1.807, 2.05) is 0 Å². The van der Waals surface area contributed by atoms with Gasteiger partial charge in [-0.05, 0) is 18.2 Å². The fourth-order valence-electron chi connectivity index (χ4n) is 1.91. The molecule has 0 aliphatic carbocycles. The van der Waals surface area contributed by atoms with Crippen molar-refractivity contribution in [1.82, 2.24) is 4.57 Å². The van der Waals surface area contributed by atoms with Crippen molar-refractivity contribution in [1.29, 1.82) is 0 Å². The number of ether oxygens (including phenoxy) is 1. The number of fused-ring (bicyclic) bond motifs is 1. The summed E-state index contributed by atoms with van der Waals surface area (Å²) in [5, 5.41) is 1.06. The fourth-order valence-corrected chi connectivity index (χ4v) is 2.27. The maximum atomic E-state index is 12.2. The first kappa shape index (κ1) is 13.5. The average molecular weight is 322 g/mol. The summed E-state index contributed by atoms with van der Waals surface area (Å²) in [5.74, 6) is -0.471. The lowest BCUT2D eigenvalue weighted by Gasteiger charge is -2.10. The second-order valence-corrected chi connectivity index (χ2v) is 4.89. The van der Waals surface area contributed by atoms with Gasteiger partial charge in [0.15, 0.2) is 0 Å². The van der Waals surface area contributed by atoms with Gasteiger partial charge in [-0.2, -0.15) is 0 Å². The molecule has 0 aliphatic rings. The second-order valence-electron chi connectivity index (χ2n) is 3.97. The van der Waals surface area contributed by atoms with Crippen molar-refractivity contribution < 1.29 is 9.53 Å². The van der Waals surface area contributed by atoms with Crippen LogP contribution in [0.4, 0.5) is 0 Å². The number of benzene rings is 1. The van der Waals surface area contributed by atoms with E-state index in [0.29, 0.717) is 22.9 Å². The molecule has 0 fully saturated rings. The Labute approximate surface area is 118 Å². The number of rotatable bonds is 3. The Morgan fingerprint density at radius 1 is 1.47 bits per heavy atom. The van der Waals surface area contributed by atoms with Gasteiger partial charge in [-0.25, -0.2) is 4.79 Å². The molecule has 5 heteroatoms. The highest BCUT2D eigenvalue weighted by Gasteiger charge is 2.15. The highest BCUT2D eigenvalue weighted by molar-refractivity contribution is 9.10. The van der Waals surface area contributed by atoms with Crippen molar-refractivity contribution in [3.63, 3.8) is 0 Å². The van der Waals surface area contributed by atoms with Crippen LogP contribution in [0.3, 0.4) is 0 Å².